The second-order valence-corrected chi connectivity index (χ2v) is 7.41. The van der Waals surface area contributed by atoms with Crippen molar-refractivity contribution in [1.82, 2.24) is 4.31 Å². The third-order valence-corrected chi connectivity index (χ3v) is 6.30. The minimum Gasteiger partial charge on any atom is -0.207 e. The predicted octanol–water partition coefficient (Wildman–Crippen LogP) is 4.38. The highest BCUT2D eigenvalue weighted by molar-refractivity contribution is 7.89. The van der Waals surface area contributed by atoms with E-state index in [-0.39, 0.29) is 21.0 Å². The number of hydrogen-bond acceptors (Lipinski definition) is 2. The van der Waals surface area contributed by atoms with Crippen molar-refractivity contribution in [2.24, 2.45) is 0 Å². The molecule has 0 aliphatic heterocycles. The van der Waals surface area contributed by atoms with Crippen LogP contribution in [0.4, 0.5) is 0 Å². The Morgan fingerprint density at radius 3 is 2.24 bits per heavy atom. The Balaban J connectivity index is 2.42. The molecule has 1 atom stereocenters. The van der Waals surface area contributed by atoms with Gasteiger partial charge in [0.25, 0.3) is 0 Å². The molecular formula is C15H15Cl2NO2S. The Labute approximate surface area is 135 Å². The van der Waals surface area contributed by atoms with E-state index in [9.17, 15) is 8.42 Å². The van der Waals surface area contributed by atoms with Gasteiger partial charge in [-0.1, -0.05) is 59.6 Å². The lowest BCUT2D eigenvalue weighted by molar-refractivity contribution is 0.398. The fourth-order valence-corrected chi connectivity index (χ4v) is 4.07. The van der Waals surface area contributed by atoms with Gasteiger partial charge in [0.15, 0.2) is 0 Å². The van der Waals surface area contributed by atoms with Crippen LogP contribution in [0.25, 0.3) is 0 Å². The van der Waals surface area contributed by atoms with Crippen LogP contribution in [0.3, 0.4) is 0 Å². The summed E-state index contributed by atoms with van der Waals surface area (Å²) in [6, 6.07) is 13.7. The molecule has 2 aromatic carbocycles. The molecule has 0 aliphatic rings. The summed E-state index contributed by atoms with van der Waals surface area (Å²) >= 11 is 11.9. The van der Waals surface area contributed by atoms with E-state index < -0.39 is 10.0 Å². The van der Waals surface area contributed by atoms with Crippen LogP contribution in [-0.4, -0.2) is 19.8 Å². The average Bonchev–Trinajstić information content (AvgIpc) is 2.49. The van der Waals surface area contributed by atoms with Gasteiger partial charge in [-0.2, -0.15) is 4.31 Å². The van der Waals surface area contributed by atoms with E-state index in [1.165, 1.54) is 17.4 Å². The first-order valence-corrected chi connectivity index (χ1v) is 8.52. The van der Waals surface area contributed by atoms with Gasteiger partial charge in [-0.15, -0.1) is 0 Å². The highest BCUT2D eigenvalue weighted by Gasteiger charge is 2.28. The van der Waals surface area contributed by atoms with Gasteiger partial charge in [-0.05, 0) is 24.6 Å². The molecule has 0 amide bonds. The van der Waals surface area contributed by atoms with E-state index in [0.29, 0.717) is 0 Å². The van der Waals surface area contributed by atoms with Crippen LogP contribution in [0.1, 0.15) is 18.5 Å². The van der Waals surface area contributed by atoms with Crippen molar-refractivity contribution in [2.45, 2.75) is 17.9 Å². The first kappa shape index (κ1) is 16.3. The summed E-state index contributed by atoms with van der Waals surface area (Å²) in [5.74, 6) is 0. The molecular weight excluding hydrogens is 329 g/mol. The zero-order valence-corrected chi connectivity index (χ0v) is 14.0. The molecule has 0 aliphatic carbocycles. The Hall–Kier alpha value is -1.07. The Morgan fingerprint density at radius 1 is 1.00 bits per heavy atom. The first-order chi connectivity index (χ1) is 9.85. The number of sulfonamides is 1. The summed E-state index contributed by atoms with van der Waals surface area (Å²) in [6.45, 7) is 1.82. The molecule has 0 spiro atoms. The standard InChI is InChI=1S/C15H15Cl2NO2S/c1-11(12-7-4-3-5-8-12)18(2)21(19,20)14-10-6-9-13(16)15(14)17/h3-11H,1-2H3. The summed E-state index contributed by atoms with van der Waals surface area (Å²) in [7, 11) is -2.19. The van der Waals surface area contributed by atoms with Crippen molar-refractivity contribution in [3.05, 3.63) is 64.1 Å². The summed E-state index contributed by atoms with van der Waals surface area (Å²) in [4.78, 5) is 0.0157. The molecule has 0 N–H and O–H groups in total. The average molecular weight is 344 g/mol. The van der Waals surface area contributed by atoms with Crippen molar-refractivity contribution < 1.29 is 8.42 Å². The van der Waals surface area contributed by atoms with Crippen molar-refractivity contribution in [2.75, 3.05) is 7.05 Å². The maximum atomic E-state index is 12.7. The van der Waals surface area contributed by atoms with Crippen LogP contribution in [0, 0.1) is 0 Å². The maximum absolute atomic E-state index is 12.7. The van der Waals surface area contributed by atoms with Gasteiger partial charge in [0.1, 0.15) is 4.90 Å². The number of nitrogens with zero attached hydrogens (tertiary/aromatic N) is 1. The molecule has 21 heavy (non-hydrogen) atoms. The van der Waals surface area contributed by atoms with Crippen LogP contribution in [-0.2, 0) is 10.0 Å². The highest BCUT2D eigenvalue weighted by atomic mass is 35.5. The second-order valence-electron chi connectivity index (χ2n) is 4.66. The van der Waals surface area contributed by atoms with E-state index in [1.54, 1.807) is 12.1 Å². The van der Waals surface area contributed by atoms with Gasteiger partial charge < -0.3 is 0 Å². The minimum absolute atomic E-state index is 0.0157. The van der Waals surface area contributed by atoms with Gasteiger partial charge in [-0.3, -0.25) is 0 Å². The molecule has 0 heterocycles. The number of benzene rings is 2. The lowest BCUT2D eigenvalue weighted by Crippen LogP contribution is -2.30. The normalized spacial score (nSPS) is 13.4. The fraction of sp³-hybridized carbons (Fsp3) is 0.200. The Bertz CT molecular complexity index is 733. The van der Waals surface area contributed by atoms with Gasteiger partial charge in [-0.25, -0.2) is 8.42 Å². The third-order valence-electron chi connectivity index (χ3n) is 3.40. The second kappa shape index (κ2) is 6.36. The van der Waals surface area contributed by atoms with E-state index in [2.05, 4.69) is 0 Å². The van der Waals surface area contributed by atoms with E-state index in [1.807, 2.05) is 37.3 Å². The number of halogens is 2. The monoisotopic (exact) mass is 343 g/mol. The molecule has 6 heteroatoms. The maximum Gasteiger partial charge on any atom is 0.244 e. The summed E-state index contributed by atoms with van der Waals surface area (Å²) < 4.78 is 26.7. The third kappa shape index (κ3) is 3.24. The van der Waals surface area contributed by atoms with E-state index >= 15 is 0 Å². The zero-order chi connectivity index (χ0) is 15.6. The van der Waals surface area contributed by atoms with Crippen molar-refractivity contribution in [1.29, 1.82) is 0 Å². The molecule has 1 unspecified atom stereocenters. The molecule has 0 saturated carbocycles. The van der Waals surface area contributed by atoms with Crippen LogP contribution in [0.5, 0.6) is 0 Å². The Morgan fingerprint density at radius 2 is 1.62 bits per heavy atom. The molecule has 0 saturated heterocycles. The molecule has 2 rings (SSSR count). The van der Waals surface area contributed by atoms with E-state index in [0.717, 1.165) is 5.56 Å². The lowest BCUT2D eigenvalue weighted by Gasteiger charge is -2.25. The van der Waals surface area contributed by atoms with Gasteiger partial charge in [0.2, 0.25) is 10.0 Å². The fourth-order valence-electron chi connectivity index (χ4n) is 1.99. The molecule has 0 radical (unpaired) electrons. The number of hydrogen-bond donors (Lipinski definition) is 0. The first-order valence-electron chi connectivity index (χ1n) is 6.32. The summed E-state index contributed by atoms with van der Waals surface area (Å²) in [6.07, 6.45) is 0. The molecule has 0 bridgehead atoms. The van der Waals surface area contributed by atoms with Crippen LogP contribution in [0.2, 0.25) is 10.0 Å². The zero-order valence-electron chi connectivity index (χ0n) is 11.6. The molecule has 0 fully saturated rings. The van der Waals surface area contributed by atoms with Crippen molar-refractivity contribution in [3.63, 3.8) is 0 Å². The van der Waals surface area contributed by atoms with Crippen LogP contribution < -0.4 is 0 Å². The van der Waals surface area contributed by atoms with Crippen molar-refractivity contribution in [3.8, 4) is 0 Å². The largest absolute Gasteiger partial charge is 0.244 e. The summed E-state index contributed by atoms with van der Waals surface area (Å²) in [5, 5.41) is 0.268. The van der Waals surface area contributed by atoms with Gasteiger partial charge in [0, 0.05) is 13.1 Å². The topological polar surface area (TPSA) is 37.4 Å². The molecule has 3 nitrogen and oxygen atoms in total. The van der Waals surface area contributed by atoms with Gasteiger partial charge in [0.05, 0.1) is 10.0 Å². The molecule has 2 aromatic rings. The Kier molecular flexibility index (Phi) is 4.94. The minimum atomic E-state index is -3.72. The van der Waals surface area contributed by atoms with E-state index in [4.69, 9.17) is 23.2 Å². The molecule has 0 aromatic heterocycles. The smallest absolute Gasteiger partial charge is 0.207 e. The molecule has 112 valence electrons. The quantitative estimate of drug-likeness (QED) is 0.826. The van der Waals surface area contributed by atoms with Crippen LogP contribution in [0.15, 0.2) is 53.4 Å². The predicted molar refractivity (Wildman–Crippen MR) is 86.3 cm³/mol. The van der Waals surface area contributed by atoms with Crippen molar-refractivity contribution >= 4 is 33.2 Å². The number of rotatable bonds is 4. The van der Waals surface area contributed by atoms with Gasteiger partial charge >= 0.3 is 0 Å². The summed E-state index contributed by atoms with van der Waals surface area (Å²) in [5.41, 5.74) is 0.904. The lowest BCUT2D eigenvalue weighted by atomic mass is 10.1. The van der Waals surface area contributed by atoms with Crippen LogP contribution >= 0.6 is 23.2 Å². The highest BCUT2D eigenvalue weighted by Crippen LogP contribution is 2.33. The SMILES string of the molecule is CC(c1ccccc1)N(C)S(=O)(=O)c1cccc(Cl)c1Cl.